The number of ether oxygens (including phenoxy) is 2. The van der Waals surface area contributed by atoms with Gasteiger partial charge in [-0.25, -0.2) is 4.79 Å². The summed E-state index contributed by atoms with van der Waals surface area (Å²) < 4.78 is 9.27. The molecule has 0 aromatic rings. The molecule has 0 bridgehead atoms. The van der Waals surface area contributed by atoms with E-state index in [2.05, 4.69) is 11.3 Å². The van der Waals surface area contributed by atoms with Crippen molar-refractivity contribution >= 4 is 11.9 Å². The maximum Gasteiger partial charge on any atom is 0.330 e. The maximum atomic E-state index is 10.7. The normalized spacial score (nSPS) is 12.1. The Balaban J connectivity index is 4.20. The van der Waals surface area contributed by atoms with E-state index < -0.39 is 18.0 Å². The van der Waals surface area contributed by atoms with Gasteiger partial charge in [0.25, 0.3) is 0 Å². The average molecular weight is 198 g/mol. The Kier molecular flexibility index (Phi) is 6.11. The van der Waals surface area contributed by atoms with E-state index in [4.69, 9.17) is 4.74 Å². The topological polar surface area (TPSA) is 52.6 Å². The molecule has 0 fully saturated rings. The molecule has 0 radical (unpaired) electrons. The molecule has 0 heterocycles. The fourth-order valence-electron chi connectivity index (χ4n) is 0.797. The van der Waals surface area contributed by atoms with Gasteiger partial charge in [0, 0.05) is 19.4 Å². The fraction of sp³-hybridized carbons (Fsp3) is 0.400. The molecule has 0 aliphatic carbocycles. The number of carbonyl (C=O) groups is 2. The van der Waals surface area contributed by atoms with Crippen LogP contribution in [-0.2, 0) is 19.1 Å². The summed E-state index contributed by atoms with van der Waals surface area (Å²) in [7, 11) is 1.28. The third kappa shape index (κ3) is 5.99. The van der Waals surface area contributed by atoms with E-state index in [9.17, 15) is 9.59 Å². The molecule has 14 heavy (non-hydrogen) atoms. The Morgan fingerprint density at radius 3 is 2.57 bits per heavy atom. The van der Waals surface area contributed by atoms with Crippen LogP contribution in [0.25, 0.3) is 0 Å². The SMILES string of the molecule is C=CC[C@H](/C=C/C(=O)OC)OC(C)=O. The molecular weight excluding hydrogens is 184 g/mol. The third-order valence-electron chi connectivity index (χ3n) is 1.36. The molecule has 0 amide bonds. The lowest BCUT2D eigenvalue weighted by molar-refractivity contribution is -0.144. The van der Waals surface area contributed by atoms with Gasteiger partial charge in [-0.3, -0.25) is 4.79 Å². The van der Waals surface area contributed by atoms with Crippen LogP contribution in [0.4, 0.5) is 0 Å². The summed E-state index contributed by atoms with van der Waals surface area (Å²) in [6.07, 6.45) is 4.30. The molecule has 0 rings (SSSR count). The van der Waals surface area contributed by atoms with E-state index in [1.165, 1.54) is 26.2 Å². The van der Waals surface area contributed by atoms with Crippen LogP contribution in [-0.4, -0.2) is 25.2 Å². The van der Waals surface area contributed by atoms with Gasteiger partial charge in [-0.1, -0.05) is 6.08 Å². The van der Waals surface area contributed by atoms with Gasteiger partial charge in [-0.15, -0.1) is 6.58 Å². The number of carbonyl (C=O) groups excluding carboxylic acids is 2. The molecule has 78 valence electrons. The molecule has 0 saturated carbocycles. The highest BCUT2D eigenvalue weighted by Crippen LogP contribution is 2.02. The van der Waals surface area contributed by atoms with Crippen LogP contribution < -0.4 is 0 Å². The molecule has 0 unspecified atom stereocenters. The number of hydrogen-bond acceptors (Lipinski definition) is 4. The second-order valence-electron chi connectivity index (χ2n) is 2.55. The molecule has 0 N–H and O–H groups in total. The molecular formula is C10H14O4. The second-order valence-corrected chi connectivity index (χ2v) is 2.55. The van der Waals surface area contributed by atoms with Crippen molar-refractivity contribution in [3.63, 3.8) is 0 Å². The van der Waals surface area contributed by atoms with Crippen molar-refractivity contribution in [1.29, 1.82) is 0 Å². The molecule has 4 nitrogen and oxygen atoms in total. The molecule has 0 aromatic carbocycles. The van der Waals surface area contributed by atoms with Crippen molar-refractivity contribution in [2.75, 3.05) is 7.11 Å². The fourth-order valence-corrected chi connectivity index (χ4v) is 0.797. The second kappa shape index (κ2) is 6.88. The van der Waals surface area contributed by atoms with E-state index in [1.807, 2.05) is 0 Å². The first-order valence-electron chi connectivity index (χ1n) is 4.14. The minimum Gasteiger partial charge on any atom is -0.466 e. The predicted octanol–water partition coefficient (Wildman–Crippen LogP) is 1.22. The standard InChI is InChI=1S/C10H14O4/c1-4-5-9(14-8(2)11)6-7-10(12)13-3/h4,6-7,9H,1,5H2,2-3H3/b7-6+/t9-/m1/s1. The van der Waals surface area contributed by atoms with Crippen LogP contribution >= 0.6 is 0 Å². The Morgan fingerprint density at radius 1 is 1.50 bits per heavy atom. The van der Waals surface area contributed by atoms with Crippen LogP contribution in [0.15, 0.2) is 24.8 Å². The number of hydrogen-bond donors (Lipinski definition) is 0. The van der Waals surface area contributed by atoms with Crippen molar-refractivity contribution in [3.05, 3.63) is 24.8 Å². The molecule has 0 aliphatic rings. The summed E-state index contributed by atoms with van der Waals surface area (Å²) in [6.45, 7) is 4.82. The molecule has 0 aliphatic heterocycles. The lowest BCUT2D eigenvalue weighted by Crippen LogP contribution is -2.13. The van der Waals surface area contributed by atoms with Gasteiger partial charge in [0.05, 0.1) is 7.11 Å². The van der Waals surface area contributed by atoms with Gasteiger partial charge in [-0.05, 0) is 6.08 Å². The van der Waals surface area contributed by atoms with Gasteiger partial charge in [0.2, 0.25) is 0 Å². The Hall–Kier alpha value is -1.58. The van der Waals surface area contributed by atoms with Gasteiger partial charge in [0.1, 0.15) is 6.10 Å². The van der Waals surface area contributed by atoms with Gasteiger partial charge >= 0.3 is 11.9 Å². The van der Waals surface area contributed by atoms with E-state index in [0.29, 0.717) is 6.42 Å². The number of esters is 2. The lowest BCUT2D eigenvalue weighted by Gasteiger charge is -2.09. The summed E-state index contributed by atoms with van der Waals surface area (Å²) in [4.78, 5) is 21.4. The Bertz CT molecular complexity index is 243. The largest absolute Gasteiger partial charge is 0.466 e. The highest BCUT2D eigenvalue weighted by atomic mass is 16.5. The number of rotatable bonds is 5. The highest BCUT2D eigenvalue weighted by Gasteiger charge is 2.06. The van der Waals surface area contributed by atoms with Crippen molar-refractivity contribution in [2.24, 2.45) is 0 Å². The molecule has 4 heteroatoms. The zero-order valence-electron chi connectivity index (χ0n) is 8.36. The van der Waals surface area contributed by atoms with E-state index in [-0.39, 0.29) is 0 Å². The Labute approximate surface area is 83.2 Å². The monoisotopic (exact) mass is 198 g/mol. The third-order valence-corrected chi connectivity index (χ3v) is 1.36. The highest BCUT2D eigenvalue weighted by molar-refractivity contribution is 5.81. The summed E-state index contributed by atoms with van der Waals surface area (Å²) in [5.41, 5.74) is 0. The molecule has 0 aromatic heterocycles. The lowest BCUT2D eigenvalue weighted by atomic mass is 10.2. The summed E-state index contributed by atoms with van der Waals surface area (Å²) in [5, 5.41) is 0. The quantitative estimate of drug-likeness (QED) is 0.378. The van der Waals surface area contributed by atoms with Crippen molar-refractivity contribution in [2.45, 2.75) is 19.4 Å². The zero-order valence-corrected chi connectivity index (χ0v) is 8.36. The summed E-state index contributed by atoms with van der Waals surface area (Å²) in [6, 6.07) is 0. The van der Waals surface area contributed by atoms with Crippen molar-refractivity contribution in [1.82, 2.24) is 0 Å². The minimum absolute atomic E-state index is 0.397. The van der Waals surface area contributed by atoms with Gasteiger partial charge in [-0.2, -0.15) is 0 Å². The zero-order chi connectivity index (χ0) is 11.0. The van der Waals surface area contributed by atoms with Crippen LogP contribution in [0, 0.1) is 0 Å². The maximum absolute atomic E-state index is 10.7. The molecule has 0 spiro atoms. The first-order chi connectivity index (χ1) is 6.60. The smallest absolute Gasteiger partial charge is 0.330 e. The van der Waals surface area contributed by atoms with Gasteiger partial charge in [0.15, 0.2) is 0 Å². The van der Waals surface area contributed by atoms with Crippen LogP contribution in [0.2, 0.25) is 0 Å². The number of methoxy groups -OCH3 is 1. The van der Waals surface area contributed by atoms with E-state index in [0.717, 1.165) is 0 Å². The minimum atomic E-state index is -0.480. The van der Waals surface area contributed by atoms with Crippen molar-refractivity contribution < 1.29 is 19.1 Å². The van der Waals surface area contributed by atoms with Gasteiger partial charge < -0.3 is 9.47 Å². The van der Waals surface area contributed by atoms with Crippen LogP contribution in [0.1, 0.15) is 13.3 Å². The summed E-state index contributed by atoms with van der Waals surface area (Å²) >= 11 is 0. The van der Waals surface area contributed by atoms with Crippen molar-refractivity contribution in [3.8, 4) is 0 Å². The average Bonchev–Trinajstić information content (AvgIpc) is 2.13. The van der Waals surface area contributed by atoms with Crippen LogP contribution in [0.5, 0.6) is 0 Å². The Morgan fingerprint density at radius 2 is 2.14 bits per heavy atom. The summed E-state index contributed by atoms with van der Waals surface area (Å²) in [5.74, 6) is -0.877. The van der Waals surface area contributed by atoms with E-state index >= 15 is 0 Å². The molecule has 0 saturated heterocycles. The van der Waals surface area contributed by atoms with E-state index in [1.54, 1.807) is 6.08 Å². The predicted molar refractivity (Wildman–Crippen MR) is 51.5 cm³/mol. The first kappa shape index (κ1) is 12.4. The first-order valence-corrected chi connectivity index (χ1v) is 4.14. The molecule has 1 atom stereocenters. The van der Waals surface area contributed by atoms with Crippen LogP contribution in [0.3, 0.4) is 0 Å².